The predicted molar refractivity (Wildman–Crippen MR) is 121 cm³/mol. The molecule has 0 bridgehead atoms. The molecule has 8 nitrogen and oxygen atoms in total. The van der Waals surface area contributed by atoms with Gasteiger partial charge in [0.1, 0.15) is 0 Å². The van der Waals surface area contributed by atoms with E-state index in [4.69, 9.17) is 5.41 Å². The van der Waals surface area contributed by atoms with E-state index < -0.39 is 0 Å². The molecule has 0 atom stereocenters. The Bertz CT molecular complexity index is 1170. The van der Waals surface area contributed by atoms with Gasteiger partial charge in [0.2, 0.25) is 0 Å². The Labute approximate surface area is 180 Å². The molecule has 1 aliphatic carbocycles. The van der Waals surface area contributed by atoms with Gasteiger partial charge < -0.3 is 10.7 Å². The number of aromatic nitrogens is 3. The van der Waals surface area contributed by atoms with Gasteiger partial charge in [-0.15, -0.1) is 5.10 Å². The molecule has 0 radical (unpaired) electrons. The van der Waals surface area contributed by atoms with Gasteiger partial charge in [-0.05, 0) is 78.3 Å². The Hall–Kier alpha value is -3.94. The van der Waals surface area contributed by atoms with Crippen molar-refractivity contribution in [3.8, 4) is 11.1 Å². The molecule has 3 N–H and O–H groups in total. The van der Waals surface area contributed by atoms with Gasteiger partial charge >= 0.3 is 0 Å². The number of nitrogens with zero attached hydrogens (tertiary/aromatic N) is 4. The van der Waals surface area contributed by atoms with Crippen molar-refractivity contribution in [3.05, 3.63) is 71.3 Å². The lowest BCUT2D eigenvalue weighted by Gasteiger charge is -2.11. The molecule has 2 aromatic heterocycles. The molecule has 2 heterocycles. The van der Waals surface area contributed by atoms with Crippen LogP contribution in [-0.2, 0) is 0 Å². The molecule has 1 amide bonds. The van der Waals surface area contributed by atoms with Gasteiger partial charge in [0.05, 0.1) is 23.8 Å². The van der Waals surface area contributed by atoms with E-state index in [1.165, 1.54) is 6.21 Å². The monoisotopic (exact) mass is 413 g/mol. The van der Waals surface area contributed by atoms with Gasteiger partial charge in [0, 0.05) is 18.9 Å². The van der Waals surface area contributed by atoms with Gasteiger partial charge in [-0.2, -0.15) is 10.2 Å². The number of hydrogen-bond donors (Lipinski definition) is 3. The van der Waals surface area contributed by atoms with E-state index in [0.717, 1.165) is 35.1 Å². The van der Waals surface area contributed by atoms with Crippen LogP contribution in [0.3, 0.4) is 0 Å². The number of amides is 1. The molecule has 0 saturated heterocycles. The highest BCUT2D eigenvalue weighted by Crippen LogP contribution is 2.39. The Balaban J connectivity index is 1.57. The first-order chi connectivity index (χ1) is 15.0. The first-order valence-corrected chi connectivity index (χ1v) is 10.0. The average Bonchev–Trinajstić information content (AvgIpc) is 3.64. The summed E-state index contributed by atoms with van der Waals surface area (Å²) in [5.74, 6) is 0.219. The van der Waals surface area contributed by atoms with E-state index >= 15 is 0 Å². The fourth-order valence-corrected chi connectivity index (χ4v) is 3.28. The van der Waals surface area contributed by atoms with Gasteiger partial charge in [-0.1, -0.05) is 6.07 Å². The molecular formula is C23H23N7O. The normalized spacial score (nSPS) is 13.2. The minimum absolute atomic E-state index is 0.201. The number of rotatable bonds is 7. The summed E-state index contributed by atoms with van der Waals surface area (Å²) in [6.45, 7) is 2.00. The van der Waals surface area contributed by atoms with Crippen molar-refractivity contribution in [2.75, 3.05) is 12.4 Å². The van der Waals surface area contributed by atoms with Crippen LogP contribution < -0.4 is 10.7 Å². The van der Waals surface area contributed by atoms with E-state index in [1.54, 1.807) is 19.4 Å². The number of anilines is 1. The van der Waals surface area contributed by atoms with Crippen LogP contribution in [0.4, 0.5) is 5.69 Å². The van der Waals surface area contributed by atoms with Crippen LogP contribution in [0.15, 0.2) is 53.9 Å². The molecule has 8 heteroatoms. The molecule has 0 spiro atoms. The quantitative estimate of drug-likeness (QED) is 0.405. The second-order valence-electron chi connectivity index (χ2n) is 7.46. The Morgan fingerprint density at radius 3 is 2.81 bits per heavy atom. The maximum atomic E-state index is 12.7. The van der Waals surface area contributed by atoms with E-state index in [1.807, 2.05) is 43.3 Å². The number of carbonyl (C=O) groups is 1. The van der Waals surface area contributed by atoms with Crippen LogP contribution in [0.25, 0.3) is 11.1 Å². The number of hydrogen-bond acceptors (Lipinski definition) is 7. The highest BCUT2D eigenvalue weighted by Gasteiger charge is 2.25. The first-order valence-electron chi connectivity index (χ1n) is 10.0. The summed E-state index contributed by atoms with van der Waals surface area (Å²) < 4.78 is 0. The molecular weight excluding hydrogens is 390 g/mol. The third kappa shape index (κ3) is 4.80. The van der Waals surface area contributed by atoms with Crippen molar-refractivity contribution in [1.29, 1.82) is 5.41 Å². The van der Waals surface area contributed by atoms with E-state index in [2.05, 4.69) is 31.0 Å². The van der Waals surface area contributed by atoms with Gasteiger partial charge in [0.25, 0.3) is 5.91 Å². The lowest BCUT2D eigenvalue weighted by atomic mass is 9.99. The summed E-state index contributed by atoms with van der Waals surface area (Å²) in [7, 11) is 1.67. The average molecular weight is 413 g/mol. The highest BCUT2D eigenvalue weighted by atomic mass is 16.1. The lowest BCUT2D eigenvalue weighted by Crippen LogP contribution is -2.15. The minimum Gasteiger partial charge on any atom is -0.321 e. The maximum Gasteiger partial charge on any atom is 0.276 e. The van der Waals surface area contributed by atoms with E-state index in [9.17, 15) is 4.79 Å². The number of pyridine rings is 1. The first kappa shape index (κ1) is 20.3. The van der Waals surface area contributed by atoms with E-state index in [-0.39, 0.29) is 11.6 Å². The SMILES string of the molecule is CN/N=C\C(=N)c1cc(-c2cc(NC(=O)c3cc(C4CC4)cnn3)ccc2C)ccn1. The molecule has 0 unspecified atom stereocenters. The third-order valence-electron chi connectivity index (χ3n) is 5.12. The molecule has 0 aliphatic heterocycles. The summed E-state index contributed by atoms with van der Waals surface area (Å²) in [4.78, 5) is 17.0. The van der Waals surface area contributed by atoms with Gasteiger partial charge in [-0.3, -0.25) is 15.2 Å². The number of aryl methyl sites for hydroxylation is 1. The van der Waals surface area contributed by atoms with Crippen LogP contribution in [0.1, 0.15) is 46.1 Å². The summed E-state index contributed by atoms with van der Waals surface area (Å²) in [6, 6.07) is 11.3. The molecule has 31 heavy (non-hydrogen) atoms. The van der Waals surface area contributed by atoms with Gasteiger partial charge in [0.15, 0.2) is 5.69 Å². The topological polar surface area (TPSA) is 116 Å². The van der Waals surface area contributed by atoms with Crippen molar-refractivity contribution >= 4 is 23.5 Å². The summed E-state index contributed by atoms with van der Waals surface area (Å²) in [6.07, 6.45) is 7.08. The molecule has 3 aromatic rings. The van der Waals surface area contributed by atoms with Crippen LogP contribution >= 0.6 is 0 Å². The lowest BCUT2D eigenvalue weighted by molar-refractivity contribution is 0.102. The van der Waals surface area contributed by atoms with Gasteiger partial charge in [-0.25, -0.2) is 0 Å². The number of benzene rings is 1. The van der Waals surface area contributed by atoms with Crippen LogP contribution in [0, 0.1) is 12.3 Å². The Kier molecular flexibility index (Phi) is 5.79. The summed E-state index contributed by atoms with van der Waals surface area (Å²) in [5.41, 5.74) is 8.27. The second-order valence-corrected chi connectivity index (χ2v) is 7.46. The van der Waals surface area contributed by atoms with Crippen molar-refractivity contribution in [1.82, 2.24) is 20.6 Å². The van der Waals surface area contributed by atoms with Crippen molar-refractivity contribution in [3.63, 3.8) is 0 Å². The van der Waals surface area contributed by atoms with Crippen LogP contribution in [0.2, 0.25) is 0 Å². The zero-order chi connectivity index (χ0) is 21.8. The number of nitrogens with one attached hydrogen (secondary N) is 3. The van der Waals surface area contributed by atoms with Crippen LogP contribution in [-0.4, -0.2) is 40.1 Å². The molecule has 1 aliphatic rings. The summed E-state index contributed by atoms with van der Waals surface area (Å²) >= 11 is 0. The molecule has 1 aromatic carbocycles. The highest BCUT2D eigenvalue weighted by molar-refractivity contribution is 6.36. The molecule has 156 valence electrons. The minimum atomic E-state index is -0.287. The zero-order valence-corrected chi connectivity index (χ0v) is 17.4. The van der Waals surface area contributed by atoms with E-state index in [0.29, 0.717) is 23.0 Å². The fraction of sp³-hybridized carbons (Fsp3) is 0.217. The Morgan fingerprint density at radius 1 is 1.19 bits per heavy atom. The van der Waals surface area contributed by atoms with Crippen LogP contribution in [0.5, 0.6) is 0 Å². The maximum absolute atomic E-state index is 12.7. The number of carbonyl (C=O) groups excluding carboxylic acids is 1. The molecule has 4 rings (SSSR count). The number of hydrazone groups is 1. The largest absolute Gasteiger partial charge is 0.321 e. The van der Waals surface area contributed by atoms with Crippen molar-refractivity contribution in [2.24, 2.45) is 5.10 Å². The zero-order valence-electron chi connectivity index (χ0n) is 17.4. The third-order valence-corrected chi connectivity index (χ3v) is 5.12. The van der Waals surface area contributed by atoms with Crippen molar-refractivity contribution in [2.45, 2.75) is 25.7 Å². The predicted octanol–water partition coefficient (Wildman–Crippen LogP) is 3.55. The Morgan fingerprint density at radius 2 is 2.03 bits per heavy atom. The molecule has 1 fully saturated rings. The second kappa shape index (κ2) is 8.83. The fourth-order valence-electron chi connectivity index (χ4n) is 3.28. The molecule has 1 saturated carbocycles. The smallest absolute Gasteiger partial charge is 0.276 e. The van der Waals surface area contributed by atoms with Crippen molar-refractivity contribution < 1.29 is 4.79 Å². The summed E-state index contributed by atoms with van der Waals surface area (Å²) in [5, 5.41) is 22.9. The standard InChI is InChI=1S/C23H23N7O/c1-14-3-6-18(29-23(31)22-10-17(12-28-30-22)15-4-5-15)11-19(14)16-7-8-26-21(9-16)20(24)13-27-25-2/h3,6-13,15,24-25H,4-5H2,1-2H3,(H,29,31)/b24-20?,27-13-.